The summed E-state index contributed by atoms with van der Waals surface area (Å²) in [6, 6.07) is 5.39. The van der Waals surface area contributed by atoms with Gasteiger partial charge in [-0.3, -0.25) is 4.79 Å². The minimum atomic E-state index is -0.941. The number of rotatable bonds is 3. The van der Waals surface area contributed by atoms with Crippen molar-refractivity contribution < 1.29 is 9.90 Å². The number of carbonyl (C=O) groups is 1. The average molecular weight is 296 g/mol. The normalized spacial score (nSPS) is 10.4. The number of hydrogen-bond donors (Lipinski definition) is 3. The van der Waals surface area contributed by atoms with Crippen LogP contribution in [0.2, 0.25) is 0 Å². The van der Waals surface area contributed by atoms with Gasteiger partial charge in [-0.05, 0) is 18.2 Å². The zero-order valence-electron chi connectivity index (χ0n) is 8.77. The van der Waals surface area contributed by atoms with Crippen molar-refractivity contribution in [2.24, 2.45) is 0 Å². The van der Waals surface area contributed by atoms with Crippen LogP contribution in [0.5, 0.6) is 0 Å². The molecule has 1 heterocycles. The second-order valence-electron chi connectivity index (χ2n) is 3.47. The zero-order chi connectivity index (χ0) is 12.4. The number of fused-ring (bicyclic) bond motifs is 1. The standard InChI is InChI=1S/C11H10BrN3O2/c12-7-1-2-8(13)6-3-4-14-11(10(6)7)15-5-9(16)17/h1-4H,5,13H2,(H,14,15)(H,16,17). The second-order valence-corrected chi connectivity index (χ2v) is 4.32. The molecule has 1 aromatic carbocycles. The molecular weight excluding hydrogens is 286 g/mol. The van der Waals surface area contributed by atoms with E-state index in [9.17, 15) is 4.79 Å². The van der Waals surface area contributed by atoms with Crippen LogP contribution in [0, 0.1) is 0 Å². The first-order valence-corrected chi connectivity index (χ1v) is 5.67. The van der Waals surface area contributed by atoms with Gasteiger partial charge in [0.25, 0.3) is 0 Å². The molecule has 0 amide bonds. The lowest BCUT2D eigenvalue weighted by Crippen LogP contribution is -2.13. The average Bonchev–Trinajstić information content (AvgIpc) is 2.31. The molecule has 0 bridgehead atoms. The number of nitrogens with one attached hydrogen (secondary N) is 1. The highest BCUT2D eigenvalue weighted by Gasteiger charge is 2.09. The van der Waals surface area contributed by atoms with Gasteiger partial charge in [0.2, 0.25) is 0 Å². The summed E-state index contributed by atoms with van der Waals surface area (Å²) in [5.41, 5.74) is 6.49. The van der Waals surface area contributed by atoms with Gasteiger partial charge in [0.05, 0.1) is 0 Å². The summed E-state index contributed by atoms with van der Waals surface area (Å²) < 4.78 is 0.822. The van der Waals surface area contributed by atoms with Crippen LogP contribution in [0.1, 0.15) is 0 Å². The molecule has 0 spiro atoms. The van der Waals surface area contributed by atoms with Gasteiger partial charge in [-0.1, -0.05) is 15.9 Å². The maximum atomic E-state index is 10.5. The number of nitrogen functional groups attached to an aromatic ring is 1. The molecule has 0 aliphatic rings. The Kier molecular flexibility index (Phi) is 3.14. The Hall–Kier alpha value is -1.82. The predicted molar refractivity (Wildman–Crippen MR) is 70.0 cm³/mol. The van der Waals surface area contributed by atoms with Gasteiger partial charge in [-0.2, -0.15) is 0 Å². The molecule has 0 atom stereocenters. The van der Waals surface area contributed by atoms with Gasteiger partial charge in [-0.25, -0.2) is 4.98 Å². The van der Waals surface area contributed by atoms with Crippen molar-refractivity contribution in [3.8, 4) is 0 Å². The number of aliphatic carboxylic acids is 1. The second kappa shape index (κ2) is 4.58. The quantitative estimate of drug-likeness (QED) is 0.755. The smallest absolute Gasteiger partial charge is 0.322 e. The van der Waals surface area contributed by atoms with E-state index in [4.69, 9.17) is 10.8 Å². The molecule has 0 radical (unpaired) electrons. The summed E-state index contributed by atoms with van der Waals surface area (Å²) in [7, 11) is 0. The molecule has 2 rings (SSSR count). The van der Waals surface area contributed by atoms with Gasteiger partial charge < -0.3 is 16.2 Å². The Bertz CT molecular complexity index is 586. The van der Waals surface area contributed by atoms with Crippen molar-refractivity contribution >= 4 is 44.2 Å². The number of pyridine rings is 1. The predicted octanol–water partition coefficient (Wildman–Crippen LogP) is 2.08. The first-order chi connectivity index (χ1) is 8.09. The molecule has 2 aromatic rings. The van der Waals surface area contributed by atoms with Gasteiger partial charge >= 0.3 is 5.97 Å². The number of aromatic nitrogens is 1. The van der Waals surface area contributed by atoms with Crippen molar-refractivity contribution in [3.63, 3.8) is 0 Å². The lowest BCUT2D eigenvalue weighted by Gasteiger charge is -2.09. The monoisotopic (exact) mass is 295 g/mol. The molecule has 88 valence electrons. The van der Waals surface area contributed by atoms with E-state index in [0.29, 0.717) is 11.5 Å². The van der Waals surface area contributed by atoms with E-state index in [1.165, 1.54) is 0 Å². The van der Waals surface area contributed by atoms with E-state index >= 15 is 0 Å². The highest BCUT2D eigenvalue weighted by Crippen LogP contribution is 2.32. The molecule has 0 aliphatic heterocycles. The van der Waals surface area contributed by atoms with Crippen molar-refractivity contribution in [3.05, 3.63) is 28.9 Å². The third kappa shape index (κ3) is 2.31. The molecule has 0 aliphatic carbocycles. The summed E-state index contributed by atoms with van der Waals surface area (Å²) in [6.07, 6.45) is 1.59. The number of halogens is 1. The Morgan fingerprint density at radius 1 is 1.47 bits per heavy atom. The fourth-order valence-corrected chi connectivity index (χ4v) is 2.11. The van der Waals surface area contributed by atoms with Gasteiger partial charge in [-0.15, -0.1) is 0 Å². The molecule has 4 N–H and O–H groups in total. The van der Waals surface area contributed by atoms with E-state index in [2.05, 4.69) is 26.2 Å². The molecule has 17 heavy (non-hydrogen) atoms. The van der Waals surface area contributed by atoms with Crippen molar-refractivity contribution in [2.75, 3.05) is 17.6 Å². The largest absolute Gasteiger partial charge is 0.480 e. The van der Waals surface area contributed by atoms with Gasteiger partial charge in [0.15, 0.2) is 0 Å². The van der Waals surface area contributed by atoms with E-state index in [0.717, 1.165) is 15.2 Å². The summed E-state index contributed by atoms with van der Waals surface area (Å²) >= 11 is 3.41. The van der Waals surface area contributed by atoms with Crippen LogP contribution < -0.4 is 11.1 Å². The number of anilines is 2. The Balaban J connectivity index is 2.56. The van der Waals surface area contributed by atoms with E-state index in [1.807, 2.05) is 6.07 Å². The van der Waals surface area contributed by atoms with Crippen molar-refractivity contribution in [1.29, 1.82) is 0 Å². The summed E-state index contributed by atoms with van der Waals surface area (Å²) in [5.74, 6) is -0.437. The summed E-state index contributed by atoms with van der Waals surface area (Å²) in [4.78, 5) is 14.7. The fourth-order valence-electron chi connectivity index (χ4n) is 1.57. The molecule has 6 heteroatoms. The number of nitrogens with zero attached hydrogens (tertiary/aromatic N) is 1. The van der Waals surface area contributed by atoms with Crippen LogP contribution in [0.3, 0.4) is 0 Å². The van der Waals surface area contributed by atoms with E-state index < -0.39 is 5.97 Å². The summed E-state index contributed by atoms with van der Waals surface area (Å²) in [5, 5.41) is 13.0. The number of carboxylic acids is 1. The molecule has 0 unspecified atom stereocenters. The van der Waals surface area contributed by atoms with Crippen LogP contribution in [0.25, 0.3) is 10.8 Å². The minimum absolute atomic E-state index is 0.187. The lowest BCUT2D eigenvalue weighted by molar-refractivity contribution is -0.134. The van der Waals surface area contributed by atoms with Crippen LogP contribution in [-0.2, 0) is 4.79 Å². The molecular formula is C11H10BrN3O2. The van der Waals surface area contributed by atoms with E-state index in [1.54, 1.807) is 18.3 Å². The zero-order valence-corrected chi connectivity index (χ0v) is 10.4. The maximum Gasteiger partial charge on any atom is 0.322 e. The highest BCUT2D eigenvalue weighted by atomic mass is 79.9. The number of nitrogens with two attached hydrogens (primary N) is 1. The molecule has 1 aromatic heterocycles. The van der Waals surface area contributed by atoms with E-state index in [-0.39, 0.29) is 6.54 Å². The number of hydrogen-bond acceptors (Lipinski definition) is 4. The van der Waals surface area contributed by atoms with Crippen molar-refractivity contribution in [2.45, 2.75) is 0 Å². The number of carboxylic acid groups (broad SMARTS) is 1. The Morgan fingerprint density at radius 3 is 2.94 bits per heavy atom. The first kappa shape index (κ1) is 11.7. The molecule has 0 saturated carbocycles. The lowest BCUT2D eigenvalue weighted by atomic mass is 10.1. The maximum absolute atomic E-state index is 10.5. The fraction of sp³-hybridized carbons (Fsp3) is 0.0909. The number of benzene rings is 1. The summed E-state index contributed by atoms with van der Waals surface area (Å²) in [6.45, 7) is -0.187. The minimum Gasteiger partial charge on any atom is -0.480 e. The molecule has 0 fully saturated rings. The van der Waals surface area contributed by atoms with Crippen LogP contribution in [0.4, 0.5) is 11.5 Å². The van der Waals surface area contributed by atoms with Crippen molar-refractivity contribution in [1.82, 2.24) is 4.98 Å². The first-order valence-electron chi connectivity index (χ1n) is 4.88. The third-order valence-electron chi connectivity index (χ3n) is 2.32. The van der Waals surface area contributed by atoms with Crippen LogP contribution in [-0.4, -0.2) is 22.6 Å². The molecule has 5 nitrogen and oxygen atoms in total. The van der Waals surface area contributed by atoms with Gasteiger partial charge in [0.1, 0.15) is 12.4 Å². The van der Waals surface area contributed by atoms with Gasteiger partial charge in [0, 0.05) is 27.1 Å². The SMILES string of the molecule is Nc1ccc(Br)c2c(NCC(=O)O)nccc12. The van der Waals surface area contributed by atoms with Crippen LogP contribution >= 0.6 is 15.9 Å². The Labute approximate surface area is 106 Å². The highest BCUT2D eigenvalue weighted by molar-refractivity contribution is 9.10. The molecule has 0 saturated heterocycles. The van der Waals surface area contributed by atoms with Crippen LogP contribution in [0.15, 0.2) is 28.9 Å². The topological polar surface area (TPSA) is 88.2 Å². The Morgan fingerprint density at radius 2 is 2.24 bits per heavy atom. The third-order valence-corrected chi connectivity index (χ3v) is 2.98.